The molecule has 13 heavy (non-hydrogen) atoms. The number of nitrogens with zero attached hydrogens (tertiary/aromatic N) is 1. The van der Waals surface area contributed by atoms with Gasteiger partial charge in [-0.2, -0.15) is 0 Å². The van der Waals surface area contributed by atoms with Gasteiger partial charge in [0.2, 0.25) is 0 Å². The molecule has 2 bridgehead atoms. The second kappa shape index (κ2) is 3.20. The molecule has 0 spiro atoms. The van der Waals surface area contributed by atoms with Crippen LogP contribution >= 0.6 is 0 Å². The lowest BCUT2D eigenvalue weighted by Gasteiger charge is -2.25. The summed E-state index contributed by atoms with van der Waals surface area (Å²) in [4.78, 5) is 4.25. The molecule has 4 atom stereocenters. The number of fused-ring (bicyclic) bond motifs is 2. The highest BCUT2D eigenvalue weighted by atomic mass is 15.0. The molecule has 2 saturated carbocycles. The van der Waals surface area contributed by atoms with Crippen LogP contribution in [-0.4, -0.2) is 12.0 Å². The summed E-state index contributed by atoms with van der Waals surface area (Å²) in [7, 11) is 0. The number of rotatable bonds is 2. The monoisotopic (exact) mass is 181 g/mol. The van der Waals surface area contributed by atoms with Crippen molar-refractivity contribution in [1.82, 2.24) is 0 Å². The molecular formula is C10H19N3. The Bertz CT molecular complexity index is 220. The summed E-state index contributed by atoms with van der Waals surface area (Å²) < 4.78 is 0. The first kappa shape index (κ1) is 8.85. The predicted molar refractivity (Wildman–Crippen MR) is 54.2 cm³/mol. The van der Waals surface area contributed by atoms with Crippen molar-refractivity contribution >= 4 is 5.96 Å². The molecular weight excluding hydrogens is 162 g/mol. The van der Waals surface area contributed by atoms with Gasteiger partial charge in [-0.25, -0.2) is 0 Å². The summed E-state index contributed by atoms with van der Waals surface area (Å²) in [6, 6.07) is 0.334. The molecule has 4 N–H and O–H groups in total. The molecule has 2 rings (SSSR count). The van der Waals surface area contributed by atoms with E-state index >= 15 is 0 Å². The Kier molecular flexibility index (Phi) is 2.18. The molecule has 4 unspecified atom stereocenters. The molecule has 0 saturated heterocycles. The second-order valence-electron chi connectivity index (χ2n) is 4.63. The van der Waals surface area contributed by atoms with Crippen molar-refractivity contribution < 1.29 is 0 Å². The van der Waals surface area contributed by atoms with Crippen LogP contribution in [-0.2, 0) is 0 Å². The van der Waals surface area contributed by atoms with Crippen molar-refractivity contribution in [3.63, 3.8) is 0 Å². The first-order chi connectivity index (χ1) is 6.16. The lowest BCUT2D eigenvalue weighted by Crippen LogP contribution is -2.29. The Balaban J connectivity index is 1.98. The van der Waals surface area contributed by atoms with E-state index in [9.17, 15) is 0 Å². The Morgan fingerprint density at radius 3 is 2.54 bits per heavy atom. The summed E-state index contributed by atoms with van der Waals surface area (Å²) in [5, 5.41) is 0. The third-order valence-electron chi connectivity index (χ3n) is 3.77. The van der Waals surface area contributed by atoms with E-state index in [1.807, 2.05) is 0 Å². The smallest absolute Gasteiger partial charge is 0.186 e. The third-order valence-corrected chi connectivity index (χ3v) is 3.77. The van der Waals surface area contributed by atoms with E-state index in [-0.39, 0.29) is 5.96 Å². The van der Waals surface area contributed by atoms with Gasteiger partial charge in [-0.3, -0.25) is 4.99 Å². The van der Waals surface area contributed by atoms with Crippen LogP contribution in [0.5, 0.6) is 0 Å². The summed E-state index contributed by atoms with van der Waals surface area (Å²) in [5.74, 6) is 2.88. The van der Waals surface area contributed by atoms with Crippen LogP contribution in [0.25, 0.3) is 0 Å². The molecule has 0 radical (unpaired) electrons. The summed E-state index contributed by atoms with van der Waals surface area (Å²) in [6.07, 6.45) is 5.62. The SMILES string of the molecule is CC(N=C(N)N)C1CC2CCC1C2. The lowest BCUT2D eigenvalue weighted by molar-refractivity contribution is 0.294. The van der Waals surface area contributed by atoms with Gasteiger partial charge >= 0.3 is 0 Å². The van der Waals surface area contributed by atoms with Gasteiger partial charge in [-0.15, -0.1) is 0 Å². The second-order valence-corrected chi connectivity index (χ2v) is 4.63. The molecule has 3 heteroatoms. The number of aliphatic imine (C=N–C) groups is 1. The number of hydrogen-bond donors (Lipinski definition) is 2. The van der Waals surface area contributed by atoms with E-state index in [2.05, 4.69) is 11.9 Å². The average Bonchev–Trinajstić information content (AvgIpc) is 2.62. The third kappa shape index (κ3) is 1.64. The normalized spacial score (nSPS) is 39.0. The van der Waals surface area contributed by atoms with Crippen LogP contribution in [0.3, 0.4) is 0 Å². The molecule has 0 heterocycles. The standard InChI is InChI=1S/C10H19N3/c1-6(13-10(11)12)9-5-7-2-3-8(9)4-7/h6-9H,2-5H2,1H3,(H4,11,12,13). The average molecular weight is 181 g/mol. The zero-order chi connectivity index (χ0) is 9.42. The van der Waals surface area contributed by atoms with E-state index < -0.39 is 0 Å². The summed E-state index contributed by atoms with van der Waals surface area (Å²) in [6.45, 7) is 2.14. The minimum absolute atomic E-state index is 0.246. The highest BCUT2D eigenvalue weighted by Crippen LogP contribution is 2.49. The van der Waals surface area contributed by atoms with Crippen molar-refractivity contribution in [3.05, 3.63) is 0 Å². The zero-order valence-corrected chi connectivity index (χ0v) is 8.24. The molecule has 2 aliphatic rings. The van der Waals surface area contributed by atoms with Gasteiger partial charge in [0.05, 0.1) is 6.04 Å². The van der Waals surface area contributed by atoms with Crippen molar-refractivity contribution in [2.24, 2.45) is 34.2 Å². The van der Waals surface area contributed by atoms with Gasteiger partial charge in [0, 0.05) is 0 Å². The highest BCUT2D eigenvalue weighted by Gasteiger charge is 2.41. The van der Waals surface area contributed by atoms with Crippen molar-refractivity contribution in [1.29, 1.82) is 0 Å². The first-order valence-electron chi connectivity index (χ1n) is 5.25. The minimum Gasteiger partial charge on any atom is -0.370 e. The first-order valence-corrected chi connectivity index (χ1v) is 5.25. The van der Waals surface area contributed by atoms with Gasteiger partial charge < -0.3 is 11.5 Å². The Morgan fingerprint density at radius 2 is 2.08 bits per heavy atom. The van der Waals surface area contributed by atoms with Crippen molar-refractivity contribution in [2.45, 2.75) is 38.6 Å². The molecule has 0 amide bonds. The molecule has 0 aliphatic heterocycles. The van der Waals surface area contributed by atoms with Crippen LogP contribution < -0.4 is 11.5 Å². The van der Waals surface area contributed by atoms with E-state index in [0.29, 0.717) is 6.04 Å². The molecule has 2 fully saturated rings. The lowest BCUT2D eigenvalue weighted by atomic mass is 9.84. The van der Waals surface area contributed by atoms with Crippen LogP contribution in [0, 0.1) is 17.8 Å². The molecule has 74 valence electrons. The predicted octanol–water partition coefficient (Wildman–Crippen LogP) is 1.08. The molecule has 3 nitrogen and oxygen atoms in total. The number of hydrogen-bond acceptors (Lipinski definition) is 1. The largest absolute Gasteiger partial charge is 0.370 e. The van der Waals surface area contributed by atoms with Crippen LogP contribution in [0.15, 0.2) is 4.99 Å². The zero-order valence-electron chi connectivity index (χ0n) is 8.24. The maximum Gasteiger partial charge on any atom is 0.186 e. The topological polar surface area (TPSA) is 64.4 Å². The van der Waals surface area contributed by atoms with Crippen LogP contribution in [0.1, 0.15) is 32.6 Å². The van der Waals surface area contributed by atoms with Crippen molar-refractivity contribution in [3.8, 4) is 0 Å². The summed E-state index contributed by atoms with van der Waals surface area (Å²) >= 11 is 0. The molecule has 0 aromatic rings. The number of guanidine groups is 1. The molecule has 0 aromatic carbocycles. The van der Waals surface area contributed by atoms with Gasteiger partial charge in [0.1, 0.15) is 0 Å². The fourth-order valence-electron chi connectivity index (χ4n) is 3.22. The molecule has 0 aromatic heterocycles. The quantitative estimate of drug-likeness (QED) is 0.494. The van der Waals surface area contributed by atoms with Gasteiger partial charge in [-0.05, 0) is 43.9 Å². The van der Waals surface area contributed by atoms with Gasteiger partial charge in [-0.1, -0.05) is 6.42 Å². The van der Waals surface area contributed by atoms with Crippen LogP contribution in [0.4, 0.5) is 0 Å². The molecule has 2 aliphatic carbocycles. The fourth-order valence-corrected chi connectivity index (χ4v) is 3.22. The van der Waals surface area contributed by atoms with Crippen LogP contribution in [0.2, 0.25) is 0 Å². The Labute approximate surface area is 79.6 Å². The minimum atomic E-state index is 0.246. The van der Waals surface area contributed by atoms with E-state index in [0.717, 1.165) is 17.8 Å². The number of nitrogens with two attached hydrogens (primary N) is 2. The maximum absolute atomic E-state index is 5.39. The van der Waals surface area contributed by atoms with Gasteiger partial charge in [0.15, 0.2) is 5.96 Å². The van der Waals surface area contributed by atoms with E-state index in [1.54, 1.807) is 0 Å². The van der Waals surface area contributed by atoms with Crippen molar-refractivity contribution in [2.75, 3.05) is 0 Å². The van der Waals surface area contributed by atoms with E-state index in [1.165, 1.54) is 25.7 Å². The Morgan fingerprint density at radius 1 is 1.31 bits per heavy atom. The van der Waals surface area contributed by atoms with E-state index in [4.69, 9.17) is 11.5 Å². The highest BCUT2D eigenvalue weighted by molar-refractivity contribution is 5.75. The Hall–Kier alpha value is -0.730. The maximum atomic E-state index is 5.39. The van der Waals surface area contributed by atoms with Gasteiger partial charge in [0.25, 0.3) is 0 Å². The fraction of sp³-hybridized carbons (Fsp3) is 0.900. The summed E-state index contributed by atoms with van der Waals surface area (Å²) in [5.41, 5.74) is 10.8.